The molecule has 0 aliphatic carbocycles. The van der Waals surface area contributed by atoms with Crippen LogP contribution in [0.4, 0.5) is 0 Å². The maximum absolute atomic E-state index is 12.0. The van der Waals surface area contributed by atoms with Gasteiger partial charge in [-0.3, -0.25) is 19.2 Å². The zero-order chi connectivity index (χ0) is 18.2. The Morgan fingerprint density at radius 1 is 1.32 bits per heavy atom. The van der Waals surface area contributed by atoms with Gasteiger partial charge in [-0.2, -0.15) is 0 Å². The molecule has 2 fully saturated rings. The molecule has 4 atom stereocenters. The molecule has 2 aliphatic rings. The van der Waals surface area contributed by atoms with Crippen molar-refractivity contribution in [3.05, 3.63) is 33.1 Å². The van der Waals surface area contributed by atoms with E-state index in [0.29, 0.717) is 13.1 Å². The number of ether oxygens (including phenoxy) is 1. The average molecular weight is 355 g/mol. The van der Waals surface area contributed by atoms with Crippen molar-refractivity contribution in [2.24, 2.45) is 0 Å². The van der Waals surface area contributed by atoms with E-state index in [0.717, 1.165) is 36.1 Å². The number of carboxylic acid groups (broad SMARTS) is 1. The van der Waals surface area contributed by atoms with Crippen LogP contribution in [0.1, 0.15) is 25.5 Å². The summed E-state index contributed by atoms with van der Waals surface area (Å²) < 4.78 is 6.48. The molecule has 4 N–H and O–H groups in total. The molecule has 3 heterocycles. The molecule has 25 heavy (non-hydrogen) atoms. The zero-order valence-corrected chi connectivity index (χ0v) is 13.5. The molecule has 1 aromatic heterocycles. The number of carboxylic acids is 1. The fraction of sp³-hybridized carbons (Fsp3) is 0.667. The molecule has 2 saturated heterocycles. The van der Waals surface area contributed by atoms with E-state index >= 15 is 0 Å². The Kier molecular flexibility index (Phi) is 4.78. The van der Waals surface area contributed by atoms with E-state index in [-0.39, 0.29) is 0 Å². The predicted octanol–water partition coefficient (Wildman–Crippen LogP) is -1.90. The number of aliphatic hydroxyl groups is 2. The number of likely N-dealkylation sites (tertiary alicyclic amines) is 1. The van der Waals surface area contributed by atoms with Gasteiger partial charge >= 0.3 is 11.7 Å². The molecule has 0 saturated carbocycles. The number of nitrogens with one attached hydrogen (secondary N) is 1. The molecule has 2 aliphatic heterocycles. The van der Waals surface area contributed by atoms with Crippen LogP contribution in [0.15, 0.2) is 21.9 Å². The first-order chi connectivity index (χ1) is 11.9. The zero-order valence-electron chi connectivity index (χ0n) is 13.5. The number of rotatable bonds is 4. The third-order valence-electron chi connectivity index (χ3n) is 4.93. The first kappa shape index (κ1) is 17.8. The van der Waals surface area contributed by atoms with Gasteiger partial charge in [0.05, 0.1) is 12.6 Å². The summed E-state index contributed by atoms with van der Waals surface area (Å²) in [5.74, 6) is -1.41. The fourth-order valence-electron chi connectivity index (χ4n) is 3.72. The Bertz CT molecular complexity index is 754. The van der Waals surface area contributed by atoms with Crippen molar-refractivity contribution in [3.63, 3.8) is 0 Å². The Morgan fingerprint density at radius 3 is 2.56 bits per heavy atom. The van der Waals surface area contributed by atoms with Crippen LogP contribution in [0.2, 0.25) is 0 Å². The number of hydrogen-bond donors (Lipinski definition) is 4. The first-order valence-electron chi connectivity index (χ1n) is 8.16. The van der Waals surface area contributed by atoms with Crippen molar-refractivity contribution in [1.29, 1.82) is 0 Å². The van der Waals surface area contributed by atoms with Gasteiger partial charge in [-0.15, -0.1) is 0 Å². The number of aromatic nitrogens is 2. The Balaban J connectivity index is 2.04. The van der Waals surface area contributed by atoms with Crippen LogP contribution < -0.4 is 11.2 Å². The fourth-order valence-corrected chi connectivity index (χ4v) is 3.72. The molecule has 0 spiro atoms. The standard InChI is InChI=1S/C15H21N3O7/c19-8-15(13(22)23)11(17-5-2-1-3-6-17)10(21)12(25-15)18-7-4-9(20)16-14(18)24/h4,7,10-12,19,21H,1-3,5-6,8H2,(H,22,23)(H,16,20,24)/t10-,11-,12+,15+/m0/s1. The molecule has 10 nitrogen and oxygen atoms in total. The summed E-state index contributed by atoms with van der Waals surface area (Å²) in [6.45, 7) is 0.274. The van der Waals surface area contributed by atoms with Crippen molar-refractivity contribution >= 4 is 5.97 Å². The van der Waals surface area contributed by atoms with Crippen LogP contribution in [-0.2, 0) is 9.53 Å². The first-order valence-corrected chi connectivity index (χ1v) is 8.16. The van der Waals surface area contributed by atoms with Gasteiger partial charge in [0.15, 0.2) is 6.23 Å². The van der Waals surface area contributed by atoms with Crippen molar-refractivity contribution in [3.8, 4) is 0 Å². The van der Waals surface area contributed by atoms with E-state index in [1.807, 2.05) is 4.98 Å². The van der Waals surface area contributed by atoms with E-state index in [4.69, 9.17) is 4.74 Å². The molecule has 0 radical (unpaired) electrons. The number of carbonyl (C=O) groups is 1. The minimum atomic E-state index is -2.06. The van der Waals surface area contributed by atoms with Crippen LogP contribution >= 0.6 is 0 Å². The maximum Gasteiger partial charge on any atom is 0.340 e. The minimum Gasteiger partial charge on any atom is -0.479 e. The van der Waals surface area contributed by atoms with Gasteiger partial charge < -0.3 is 20.1 Å². The third kappa shape index (κ3) is 2.91. The quantitative estimate of drug-likeness (QED) is 0.490. The normalized spacial score (nSPS) is 33.4. The van der Waals surface area contributed by atoms with Crippen LogP contribution in [0.5, 0.6) is 0 Å². The lowest BCUT2D eigenvalue weighted by Crippen LogP contribution is -2.61. The summed E-state index contributed by atoms with van der Waals surface area (Å²) in [5.41, 5.74) is -3.50. The predicted molar refractivity (Wildman–Crippen MR) is 84.1 cm³/mol. The van der Waals surface area contributed by atoms with Crippen LogP contribution in [0, 0.1) is 0 Å². The van der Waals surface area contributed by atoms with Gasteiger partial charge in [0, 0.05) is 12.3 Å². The Labute approximate surface area is 142 Å². The molecule has 3 rings (SSSR count). The number of nitrogens with zero attached hydrogens (tertiary/aromatic N) is 2. The summed E-state index contributed by atoms with van der Waals surface area (Å²) in [7, 11) is 0. The summed E-state index contributed by atoms with van der Waals surface area (Å²) in [4.78, 5) is 39.0. The smallest absolute Gasteiger partial charge is 0.340 e. The average Bonchev–Trinajstić information content (AvgIpc) is 2.89. The highest BCUT2D eigenvalue weighted by Crippen LogP contribution is 2.40. The van der Waals surface area contributed by atoms with Crippen molar-refractivity contribution in [1.82, 2.24) is 14.5 Å². The van der Waals surface area contributed by atoms with Crippen molar-refractivity contribution in [2.45, 2.75) is 43.2 Å². The number of piperidine rings is 1. The Hall–Kier alpha value is -2.01. The second-order valence-corrected chi connectivity index (χ2v) is 6.41. The minimum absolute atomic E-state index is 0.563. The molecule has 10 heteroatoms. The van der Waals surface area contributed by atoms with Crippen LogP contribution in [0.3, 0.4) is 0 Å². The van der Waals surface area contributed by atoms with E-state index < -0.39 is 47.8 Å². The van der Waals surface area contributed by atoms with E-state index in [2.05, 4.69) is 0 Å². The highest BCUT2D eigenvalue weighted by Gasteiger charge is 2.62. The van der Waals surface area contributed by atoms with Crippen LogP contribution in [-0.4, -0.2) is 73.2 Å². The number of aromatic amines is 1. The second kappa shape index (κ2) is 6.71. The molecule has 1 aromatic rings. The molecule has 138 valence electrons. The van der Waals surface area contributed by atoms with Crippen molar-refractivity contribution in [2.75, 3.05) is 19.7 Å². The molecule has 0 bridgehead atoms. The number of hydrogen-bond acceptors (Lipinski definition) is 7. The number of aliphatic hydroxyl groups excluding tert-OH is 2. The van der Waals surface area contributed by atoms with Gasteiger partial charge in [-0.1, -0.05) is 6.42 Å². The molecular formula is C15H21N3O7. The van der Waals surface area contributed by atoms with Gasteiger partial charge in [0.25, 0.3) is 5.56 Å². The monoisotopic (exact) mass is 355 g/mol. The van der Waals surface area contributed by atoms with Crippen LogP contribution in [0.25, 0.3) is 0 Å². The lowest BCUT2D eigenvalue weighted by atomic mass is 9.90. The molecule has 0 aromatic carbocycles. The summed E-state index contributed by atoms with van der Waals surface area (Å²) in [5, 5.41) is 30.3. The lowest BCUT2D eigenvalue weighted by molar-refractivity contribution is -0.181. The topological polar surface area (TPSA) is 145 Å². The maximum atomic E-state index is 12.0. The van der Waals surface area contributed by atoms with E-state index in [1.54, 1.807) is 4.90 Å². The third-order valence-corrected chi connectivity index (χ3v) is 4.93. The van der Waals surface area contributed by atoms with E-state index in [1.165, 1.54) is 0 Å². The van der Waals surface area contributed by atoms with Gasteiger partial charge in [-0.05, 0) is 25.9 Å². The summed E-state index contributed by atoms with van der Waals surface area (Å²) >= 11 is 0. The largest absolute Gasteiger partial charge is 0.479 e. The summed E-state index contributed by atoms with van der Waals surface area (Å²) in [6.07, 6.45) is 1.12. The van der Waals surface area contributed by atoms with Gasteiger partial charge in [-0.25, -0.2) is 9.59 Å². The molecule has 0 unspecified atom stereocenters. The Morgan fingerprint density at radius 2 is 2.00 bits per heavy atom. The SMILES string of the molecule is O=C(O)[C@]1(CO)O[C@@H](n2ccc(=O)[nH]c2=O)[C@@H](O)[C@@H]1N1CCCCC1. The number of aliphatic carboxylic acids is 1. The second-order valence-electron chi connectivity index (χ2n) is 6.41. The van der Waals surface area contributed by atoms with Gasteiger partial charge in [0.1, 0.15) is 6.10 Å². The number of H-pyrrole nitrogens is 1. The van der Waals surface area contributed by atoms with E-state index in [9.17, 15) is 29.7 Å². The lowest BCUT2D eigenvalue weighted by Gasteiger charge is -2.39. The highest BCUT2D eigenvalue weighted by atomic mass is 16.6. The summed E-state index contributed by atoms with van der Waals surface area (Å²) in [6, 6.07) is 0.0618. The highest BCUT2D eigenvalue weighted by molar-refractivity contribution is 5.79. The van der Waals surface area contributed by atoms with Crippen molar-refractivity contribution < 1.29 is 24.9 Å². The molecular weight excluding hydrogens is 334 g/mol. The van der Waals surface area contributed by atoms with Gasteiger partial charge in [0.2, 0.25) is 5.60 Å². The molecule has 0 amide bonds.